The van der Waals surface area contributed by atoms with Crippen molar-refractivity contribution in [2.75, 3.05) is 7.11 Å². The first-order chi connectivity index (χ1) is 12.5. The summed E-state index contributed by atoms with van der Waals surface area (Å²) in [5, 5.41) is 0. The Morgan fingerprint density at radius 1 is 1.15 bits per heavy atom. The molecule has 0 aliphatic carbocycles. The van der Waals surface area contributed by atoms with Crippen LogP contribution in [0.25, 0.3) is 0 Å². The van der Waals surface area contributed by atoms with Crippen molar-refractivity contribution in [3.63, 3.8) is 0 Å². The van der Waals surface area contributed by atoms with Crippen molar-refractivity contribution >= 4 is 23.7 Å². The summed E-state index contributed by atoms with van der Waals surface area (Å²) in [4.78, 5) is 24.3. The average molecular weight is 372 g/mol. The first kappa shape index (κ1) is 18.3. The van der Waals surface area contributed by atoms with E-state index in [-0.39, 0.29) is 17.3 Å². The molecule has 0 N–H and O–H groups in total. The topological polar surface area (TPSA) is 61.8 Å². The van der Waals surface area contributed by atoms with Crippen LogP contribution in [0.2, 0.25) is 0 Å². The Morgan fingerprint density at radius 2 is 1.92 bits per heavy atom. The minimum atomic E-state index is -0.406. The number of rotatable bonds is 5. The van der Waals surface area contributed by atoms with E-state index in [4.69, 9.17) is 14.2 Å². The summed E-state index contributed by atoms with van der Waals surface area (Å²) in [5.41, 5.74) is 0.732. The molecule has 0 unspecified atom stereocenters. The van der Waals surface area contributed by atoms with Gasteiger partial charge in [-0.15, -0.1) is 0 Å². The van der Waals surface area contributed by atoms with Crippen LogP contribution in [-0.2, 0) is 14.3 Å². The van der Waals surface area contributed by atoms with Gasteiger partial charge in [0.15, 0.2) is 16.9 Å². The van der Waals surface area contributed by atoms with E-state index in [0.29, 0.717) is 24.3 Å². The van der Waals surface area contributed by atoms with Gasteiger partial charge in [0, 0.05) is 18.2 Å². The van der Waals surface area contributed by atoms with E-state index in [0.717, 1.165) is 10.5 Å². The van der Waals surface area contributed by atoms with Crippen LogP contribution in [0.15, 0.2) is 53.4 Å². The molecule has 1 fully saturated rings. The van der Waals surface area contributed by atoms with Gasteiger partial charge < -0.3 is 14.2 Å². The molecular weight excluding hydrogens is 352 g/mol. The van der Waals surface area contributed by atoms with Crippen LogP contribution in [0.4, 0.5) is 0 Å². The number of carbonyl (C=O) groups is 2. The van der Waals surface area contributed by atoms with Crippen molar-refractivity contribution in [2.24, 2.45) is 0 Å². The molecule has 0 aromatic heterocycles. The SMILES string of the molecule is COc1cc([C@H]2CC(=O)O[C@@H](Sc3ccccc3)C2)ccc1OC(C)=O. The number of methoxy groups -OCH3 is 1. The molecule has 0 bridgehead atoms. The van der Waals surface area contributed by atoms with Crippen molar-refractivity contribution in [1.29, 1.82) is 0 Å². The van der Waals surface area contributed by atoms with Crippen LogP contribution < -0.4 is 9.47 Å². The number of ether oxygens (including phenoxy) is 3. The molecule has 0 radical (unpaired) electrons. The quantitative estimate of drug-likeness (QED) is 0.580. The minimum Gasteiger partial charge on any atom is -0.493 e. The number of hydrogen-bond acceptors (Lipinski definition) is 6. The Bertz CT molecular complexity index is 790. The lowest BCUT2D eigenvalue weighted by atomic mass is 9.91. The van der Waals surface area contributed by atoms with Crippen molar-refractivity contribution in [3.05, 3.63) is 54.1 Å². The molecule has 0 saturated carbocycles. The lowest BCUT2D eigenvalue weighted by Crippen LogP contribution is -2.26. The third-order valence-electron chi connectivity index (χ3n) is 4.08. The highest BCUT2D eigenvalue weighted by Crippen LogP contribution is 2.40. The Kier molecular flexibility index (Phi) is 5.83. The molecule has 136 valence electrons. The minimum absolute atomic E-state index is 0.0257. The van der Waals surface area contributed by atoms with Gasteiger partial charge in [-0.05, 0) is 35.7 Å². The van der Waals surface area contributed by atoms with Gasteiger partial charge in [0.1, 0.15) is 0 Å². The summed E-state index contributed by atoms with van der Waals surface area (Å²) in [7, 11) is 1.52. The van der Waals surface area contributed by atoms with E-state index in [9.17, 15) is 9.59 Å². The van der Waals surface area contributed by atoms with Gasteiger partial charge in [-0.1, -0.05) is 36.0 Å². The van der Waals surface area contributed by atoms with Crippen molar-refractivity contribution in [2.45, 2.75) is 36.0 Å². The maximum atomic E-state index is 12.1. The Morgan fingerprint density at radius 3 is 2.62 bits per heavy atom. The van der Waals surface area contributed by atoms with Gasteiger partial charge in [0.05, 0.1) is 13.5 Å². The lowest BCUT2D eigenvalue weighted by molar-refractivity contribution is -0.149. The predicted molar refractivity (Wildman–Crippen MR) is 98.5 cm³/mol. The van der Waals surface area contributed by atoms with Gasteiger partial charge >= 0.3 is 11.9 Å². The first-order valence-electron chi connectivity index (χ1n) is 8.32. The Labute approximate surface area is 156 Å². The van der Waals surface area contributed by atoms with Crippen molar-refractivity contribution in [1.82, 2.24) is 0 Å². The van der Waals surface area contributed by atoms with E-state index < -0.39 is 5.97 Å². The summed E-state index contributed by atoms with van der Waals surface area (Å²) >= 11 is 1.54. The molecule has 1 aliphatic heterocycles. The van der Waals surface area contributed by atoms with Gasteiger partial charge in [-0.25, -0.2) is 0 Å². The van der Waals surface area contributed by atoms with Crippen LogP contribution in [-0.4, -0.2) is 24.5 Å². The van der Waals surface area contributed by atoms with Crippen LogP contribution in [0, 0.1) is 0 Å². The molecule has 26 heavy (non-hydrogen) atoms. The fraction of sp³-hybridized carbons (Fsp3) is 0.300. The van der Waals surface area contributed by atoms with Crippen molar-refractivity contribution < 1.29 is 23.8 Å². The Balaban J connectivity index is 1.77. The summed E-state index contributed by atoms with van der Waals surface area (Å²) in [6, 6.07) is 15.3. The van der Waals surface area contributed by atoms with E-state index in [1.165, 1.54) is 14.0 Å². The second-order valence-corrected chi connectivity index (χ2v) is 7.22. The average Bonchev–Trinajstić information content (AvgIpc) is 2.62. The molecule has 1 saturated heterocycles. The molecule has 5 nitrogen and oxygen atoms in total. The van der Waals surface area contributed by atoms with Gasteiger partial charge in [-0.2, -0.15) is 0 Å². The summed E-state index contributed by atoms with van der Waals surface area (Å²) in [6.45, 7) is 1.34. The lowest BCUT2D eigenvalue weighted by Gasteiger charge is -2.29. The normalized spacial score (nSPS) is 19.5. The molecule has 1 aliphatic rings. The zero-order valence-corrected chi connectivity index (χ0v) is 15.5. The molecule has 2 aromatic carbocycles. The second kappa shape index (κ2) is 8.27. The number of thioether (sulfide) groups is 1. The number of benzene rings is 2. The number of esters is 2. The largest absolute Gasteiger partial charge is 0.493 e. The standard InChI is InChI=1S/C20H20O5S/c1-13(21)24-17-9-8-14(10-18(17)23-2)15-11-19(22)25-20(12-15)26-16-6-4-3-5-7-16/h3-10,15,20H,11-12H2,1-2H3/t15-,20-/m0/s1. The molecule has 0 amide bonds. The number of cyclic esters (lactones) is 1. The highest BCUT2D eigenvalue weighted by molar-refractivity contribution is 7.99. The highest BCUT2D eigenvalue weighted by atomic mass is 32.2. The van der Waals surface area contributed by atoms with Crippen LogP contribution in [0.1, 0.15) is 31.2 Å². The smallest absolute Gasteiger partial charge is 0.308 e. The molecular formula is C20H20O5S. The third kappa shape index (κ3) is 4.58. The van der Waals surface area contributed by atoms with Crippen LogP contribution in [0.5, 0.6) is 11.5 Å². The zero-order chi connectivity index (χ0) is 18.5. The highest BCUT2D eigenvalue weighted by Gasteiger charge is 2.31. The van der Waals surface area contributed by atoms with Gasteiger partial charge in [-0.3, -0.25) is 9.59 Å². The Hall–Kier alpha value is -2.47. The van der Waals surface area contributed by atoms with Crippen molar-refractivity contribution in [3.8, 4) is 11.5 Å². The number of carbonyl (C=O) groups excluding carboxylic acids is 2. The van der Waals surface area contributed by atoms with E-state index >= 15 is 0 Å². The third-order valence-corrected chi connectivity index (χ3v) is 5.17. The fourth-order valence-electron chi connectivity index (χ4n) is 2.91. The monoisotopic (exact) mass is 372 g/mol. The van der Waals surface area contributed by atoms with E-state index in [1.54, 1.807) is 17.8 Å². The summed E-state index contributed by atoms with van der Waals surface area (Å²) in [6.07, 6.45) is 1.03. The fourth-order valence-corrected chi connectivity index (χ4v) is 4.02. The van der Waals surface area contributed by atoms with Gasteiger partial charge in [0.2, 0.25) is 0 Å². The van der Waals surface area contributed by atoms with Crippen LogP contribution in [0.3, 0.4) is 0 Å². The molecule has 2 atom stereocenters. The molecule has 3 rings (SSSR count). The second-order valence-electron chi connectivity index (χ2n) is 5.99. The predicted octanol–water partition coefficient (Wildman–Crippen LogP) is 4.16. The molecule has 2 aromatic rings. The molecule has 1 heterocycles. The maximum absolute atomic E-state index is 12.1. The first-order valence-corrected chi connectivity index (χ1v) is 9.20. The molecule has 6 heteroatoms. The summed E-state index contributed by atoms with van der Waals surface area (Å²) in [5.74, 6) is 0.258. The van der Waals surface area contributed by atoms with Crippen LogP contribution >= 0.6 is 11.8 Å². The zero-order valence-electron chi connectivity index (χ0n) is 14.6. The summed E-state index contributed by atoms with van der Waals surface area (Å²) < 4.78 is 16.0. The molecule has 0 spiro atoms. The van der Waals surface area contributed by atoms with Gasteiger partial charge in [0.25, 0.3) is 0 Å². The van der Waals surface area contributed by atoms with E-state index in [1.807, 2.05) is 42.5 Å². The number of hydrogen-bond donors (Lipinski definition) is 0. The van der Waals surface area contributed by atoms with E-state index in [2.05, 4.69) is 0 Å². The maximum Gasteiger partial charge on any atom is 0.308 e.